The van der Waals surface area contributed by atoms with E-state index in [9.17, 15) is 8.42 Å². The summed E-state index contributed by atoms with van der Waals surface area (Å²) in [5, 5.41) is 5.03. The van der Waals surface area contributed by atoms with Crippen LogP contribution in [0.3, 0.4) is 0 Å². The van der Waals surface area contributed by atoms with Crippen LogP contribution in [0.4, 0.5) is 0 Å². The van der Waals surface area contributed by atoms with E-state index in [1.807, 2.05) is 30.3 Å². The molecule has 1 aliphatic rings. The van der Waals surface area contributed by atoms with Gasteiger partial charge in [-0.05, 0) is 42.8 Å². The molecule has 22 heavy (non-hydrogen) atoms. The van der Waals surface area contributed by atoms with Gasteiger partial charge in [-0.3, -0.25) is 0 Å². The van der Waals surface area contributed by atoms with Crippen LogP contribution in [-0.4, -0.2) is 28.1 Å². The third-order valence-electron chi connectivity index (χ3n) is 4.54. The lowest BCUT2D eigenvalue weighted by molar-refractivity contribution is 0.232. The van der Waals surface area contributed by atoms with Gasteiger partial charge in [0.25, 0.3) is 0 Å². The molecule has 0 radical (unpaired) electrons. The Morgan fingerprint density at radius 2 is 1.77 bits per heavy atom. The maximum absolute atomic E-state index is 12.7. The zero-order valence-electron chi connectivity index (χ0n) is 12.8. The molecular formula is C17H22N2O2S. The summed E-state index contributed by atoms with van der Waals surface area (Å²) in [7, 11) is -3.49. The fourth-order valence-corrected chi connectivity index (χ4v) is 4.41. The van der Waals surface area contributed by atoms with Crippen molar-refractivity contribution in [2.24, 2.45) is 5.41 Å². The van der Waals surface area contributed by atoms with Crippen LogP contribution in [0.25, 0.3) is 10.8 Å². The van der Waals surface area contributed by atoms with Gasteiger partial charge in [0.15, 0.2) is 0 Å². The average Bonchev–Trinajstić information content (AvgIpc) is 2.53. The molecule has 5 heteroatoms. The lowest BCUT2D eigenvalue weighted by atomic mass is 9.81. The standard InChI is InChI=1S/C17H22N2O2S/c1-17(9-11-18-12-10-17)13-19-22(20,21)16-8-4-6-14-5-2-3-7-15(14)16/h2-8,18-19H,9-13H2,1H3. The van der Waals surface area contributed by atoms with Gasteiger partial charge in [0.2, 0.25) is 10.0 Å². The Hall–Kier alpha value is -1.43. The highest BCUT2D eigenvalue weighted by atomic mass is 32.2. The van der Waals surface area contributed by atoms with Crippen LogP contribution in [-0.2, 0) is 10.0 Å². The summed E-state index contributed by atoms with van der Waals surface area (Å²) in [4.78, 5) is 0.364. The highest BCUT2D eigenvalue weighted by Gasteiger charge is 2.29. The van der Waals surface area contributed by atoms with E-state index < -0.39 is 10.0 Å². The van der Waals surface area contributed by atoms with E-state index in [1.165, 1.54) is 0 Å². The quantitative estimate of drug-likeness (QED) is 0.910. The Morgan fingerprint density at radius 1 is 1.09 bits per heavy atom. The van der Waals surface area contributed by atoms with Gasteiger partial charge < -0.3 is 5.32 Å². The van der Waals surface area contributed by atoms with Gasteiger partial charge in [-0.2, -0.15) is 0 Å². The van der Waals surface area contributed by atoms with Crippen molar-refractivity contribution in [2.45, 2.75) is 24.7 Å². The van der Waals surface area contributed by atoms with Crippen molar-refractivity contribution in [3.63, 3.8) is 0 Å². The topological polar surface area (TPSA) is 58.2 Å². The molecule has 0 unspecified atom stereocenters. The van der Waals surface area contributed by atoms with Crippen LogP contribution in [0.15, 0.2) is 47.4 Å². The zero-order chi connectivity index (χ0) is 15.6. The minimum atomic E-state index is -3.49. The zero-order valence-corrected chi connectivity index (χ0v) is 13.6. The molecule has 0 bridgehead atoms. The number of sulfonamides is 1. The molecule has 2 aromatic rings. The summed E-state index contributed by atoms with van der Waals surface area (Å²) in [6.45, 7) is 4.54. The molecule has 2 aromatic carbocycles. The van der Waals surface area contributed by atoms with Gasteiger partial charge in [0.05, 0.1) is 4.90 Å². The molecule has 1 fully saturated rings. The third-order valence-corrected chi connectivity index (χ3v) is 6.00. The Kier molecular flexibility index (Phi) is 4.21. The Balaban J connectivity index is 1.86. The lowest BCUT2D eigenvalue weighted by Gasteiger charge is -2.34. The van der Waals surface area contributed by atoms with E-state index in [4.69, 9.17) is 0 Å². The maximum Gasteiger partial charge on any atom is 0.241 e. The van der Waals surface area contributed by atoms with Crippen LogP contribution < -0.4 is 10.0 Å². The number of hydrogen-bond donors (Lipinski definition) is 2. The lowest BCUT2D eigenvalue weighted by Crippen LogP contribution is -2.42. The van der Waals surface area contributed by atoms with Crippen molar-refractivity contribution in [1.82, 2.24) is 10.0 Å². The van der Waals surface area contributed by atoms with Crippen LogP contribution in [0, 0.1) is 5.41 Å². The van der Waals surface area contributed by atoms with E-state index in [0.29, 0.717) is 11.4 Å². The first-order valence-electron chi connectivity index (χ1n) is 7.68. The van der Waals surface area contributed by atoms with E-state index in [2.05, 4.69) is 17.0 Å². The summed E-state index contributed by atoms with van der Waals surface area (Å²) in [6, 6.07) is 13.0. The van der Waals surface area contributed by atoms with E-state index in [1.54, 1.807) is 12.1 Å². The van der Waals surface area contributed by atoms with Gasteiger partial charge in [0, 0.05) is 11.9 Å². The van der Waals surface area contributed by atoms with Crippen LogP contribution in [0.2, 0.25) is 0 Å². The summed E-state index contributed by atoms with van der Waals surface area (Å²) in [6.07, 6.45) is 1.98. The minimum Gasteiger partial charge on any atom is -0.317 e. The van der Waals surface area contributed by atoms with Gasteiger partial charge in [-0.25, -0.2) is 13.1 Å². The molecule has 0 atom stereocenters. The van der Waals surface area contributed by atoms with Crippen molar-refractivity contribution >= 4 is 20.8 Å². The van der Waals surface area contributed by atoms with Gasteiger partial charge >= 0.3 is 0 Å². The summed E-state index contributed by atoms with van der Waals surface area (Å²) >= 11 is 0. The Bertz CT molecular complexity index is 760. The average molecular weight is 318 g/mol. The molecule has 1 heterocycles. The molecule has 0 amide bonds. The van der Waals surface area contributed by atoms with Crippen molar-refractivity contribution < 1.29 is 8.42 Å². The molecule has 0 spiro atoms. The third kappa shape index (κ3) is 3.16. The van der Waals surface area contributed by atoms with E-state index >= 15 is 0 Å². The largest absolute Gasteiger partial charge is 0.317 e. The first kappa shape index (κ1) is 15.5. The molecule has 2 N–H and O–H groups in total. The van der Waals surface area contributed by atoms with Crippen LogP contribution in [0.1, 0.15) is 19.8 Å². The SMILES string of the molecule is CC1(CNS(=O)(=O)c2cccc3ccccc23)CCNCC1. The number of hydrogen-bond acceptors (Lipinski definition) is 3. The van der Waals surface area contributed by atoms with Crippen LogP contribution >= 0.6 is 0 Å². The molecule has 118 valence electrons. The van der Waals surface area contributed by atoms with Crippen molar-refractivity contribution in [1.29, 1.82) is 0 Å². The van der Waals surface area contributed by atoms with E-state index in [0.717, 1.165) is 36.7 Å². The Morgan fingerprint density at radius 3 is 2.55 bits per heavy atom. The summed E-state index contributed by atoms with van der Waals surface area (Å²) in [5.41, 5.74) is 0.0307. The normalized spacial score (nSPS) is 18.4. The minimum absolute atomic E-state index is 0.0307. The fourth-order valence-electron chi connectivity index (χ4n) is 2.98. The predicted molar refractivity (Wildman–Crippen MR) is 89.3 cm³/mol. The van der Waals surface area contributed by atoms with Crippen LogP contribution in [0.5, 0.6) is 0 Å². The van der Waals surface area contributed by atoms with Crippen molar-refractivity contribution in [3.05, 3.63) is 42.5 Å². The summed E-state index contributed by atoms with van der Waals surface area (Å²) < 4.78 is 28.2. The molecule has 3 rings (SSSR count). The first-order chi connectivity index (χ1) is 10.5. The second kappa shape index (κ2) is 5.99. The number of nitrogens with one attached hydrogen (secondary N) is 2. The second-order valence-electron chi connectivity index (χ2n) is 6.36. The molecule has 4 nitrogen and oxygen atoms in total. The molecule has 0 aliphatic carbocycles. The fraction of sp³-hybridized carbons (Fsp3) is 0.412. The molecule has 0 saturated carbocycles. The van der Waals surface area contributed by atoms with E-state index in [-0.39, 0.29) is 5.41 Å². The molecular weight excluding hydrogens is 296 g/mol. The second-order valence-corrected chi connectivity index (χ2v) is 8.10. The molecule has 1 saturated heterocycles. The smallest absolute Gasteiger partial charge is 0.241 e. The monoisotopic (exact) mass is 318 g/mol. The maximum atomic E-state index is 12.7. The summed E-state index contributed by atoms with van der Waals surface area (Å²) in [5.74, 6) is 0. The van der Waals surface area contributed by atoms with Gasteiger partial charge in [-0.1, -0.05) is 43.3 Å². The predicted octanol–water partition coefficient (Wildman–Crippen LogP) is 2.51. The highest BCUT2D eigenvalue weighted by molar-refractivity contribution is 7.89. The number of fused-ring (bicyclic) bond motifs is 1. The number of piperidine rings is 1. The van der Waals surface area contributed by atoms with Crippen molar-refractivity contribution in [3.8, 4) is 0 Å². The highest BCUT2D eigenvalue weighted by Crippen LogP contribution is 2.28. The first-order valence-corrected chi connectivity index (χ1v) is 9.17. The molecule has 1 aliphatic heterocycles. The van der Waals surface area contributed by atoms with Gasteiger partial charge in [0.1, 0.15) is 0 Å². The van der Waals surface area contributed by atoms with Crippen molar-refractivity contribution in [2.75, 3.05) is 19.6 Å². The number of rotatable bonds is 4. The number of benzene rings is 2. The molecule has 0 aromatic heterocycles. The Labute approximate surface area is 132 Å². The van der Waals surface area contributed by atoms with Gasteiger partial charge in [-0.15, -0.1) is 0 Å².